The van der Waals surface area contributed by atoms with Crippen LogP contribution in [0.25, 0.3) is 0 Å². The van der Waals surface area contributed by atoms with Crippen molar-refractivity contribution in [2.75, 3.05) is 6.54 Å². The van der Waals surface area contributed by atoms with Crippen molar-refractivity contribution in [3.63, 3.8) is 0 Å². The third kappa shape index (κ3) is 6.44. The molecule has 2 unspecified atom stereocenters. The molecule has 1 amide bonds. The number of rotatable bonds is 9. The first-order valence-corrected chi connectivity index (χ1v) is 16.4. The van der Waals surface area contributed by atoms with Gasteiger partial charge in [0, 0.05) is 19.0 Å². The quantitative estimate of drug-likeness (QED) is 0.307. The number of allylic oxidation sites excluding steroid dienone is 3. The average Bonchev–Trinajstić information content (AvgIpc) is 3.41. The number of carbonyl (C=O) groups excluding carboxylic acids is 1. The van der Waals surface area contributed by atoms with E-state index in [1.165, 1.54) is 43.2 Å². The molecule has 5 rings (SSSR count). The molecule has 224 valence electrons. The summed E-state index contributed by atoms with van der Waals surface area (Å²) in [5.41, 5.74) is 4.13. The van der Waals surface area contributed by atoms with Gasteiger partial charge in [-0.2, -0.15) is 0 Å². The van der Waals surface area contributed by atoms with Crippen LogP contribution in [-0.2, 0) is 11.2 Å². The molecule has 0 spiro atoms. The van der Waals surface area contributed by atoms with E-state index in [2.05, 4.69) is 62.9 Å². The molecule has 1 heterocycles. The number of carbonyl (C=O) groups is 1. The zero-order chi connectivity index (χ0) is 29.2. The highest BCUT2D eigenvalue weighted by Gasteiger charge is 2.53. The number of likely N-dealkylation sites (tertiary alicyclic amines) is 1. The van der Waals surface area contributed by atoms with E-state index in [-0.39, 0.29) is 23.5 Å². The lowest BCUT2D eigenvalue weighted by atomic mass is 9.60. The molecule has 3 saturated carbocycles. The number of aryl methyl sites for hydroxylation is 1. The number of hydrogen-bond acceptors (Lipinski definition) is 3. The van der Waals surface area contributed by atoms with Crippen LogP contribution in [0.2, 0.25) is 0 Å². The maximum absolute atomic E-state index is 13.2. The molecule has 3 aliphatic carbocycles. The maximum atomic E-state index is 13.2. The van der Waals surface area contributed by atoms with E-state index in [9.17, 15) is 15.0 Å². The van der Waals surface area contributed by atoms with Crippen molar-refractivity contribution in [2.45, 2.75) is 122 Å². The van der Waals surface area contributed by atoms with E-state index >= 15 is 0 Å². The smallest absolute Gasteiger partial charge is 0.254 e. The standard InChI is InChI=1S/C37H53NO3/c1-26(24-31-25-37(4,41)35(40)38(31)23-9-8-14-28-12-6-5-7-13-28)32-20-21-33-30(16-11-22-36(32,33)3)19-18-29-15-10-17-34(39)27(29)2/h5-7,12-13,18-19,26,31-34,39,41H,2,8-11,14-17,20-25H2,1,3-4H3/b29-18-,30-19+/t26-,31?,32-,33+,34+,36-,37?/m1/s1. The molecule has 0 bridgehead atoms. The molecule has 1 saturated heterocycles. The predicted octanol–water partition coefficient (Wildman–Crippen LogP) is 7.56. The van der Waals surface area contributed by atoms with Crippen LogP contribution in [0.1, 0.15) is 103 Å². The number of aliphatic hydroxyl groups is 2. The minimum Gasteiger partial charge on any atom is -0.388 e. The van der Waals surface area contributed by atoms with Gasteiger partial charge in [-0.05, 0) is 124 Å². The first kappa shape index (κ1) is 30.3. The van der Waals surface area contributed by atoms with Crippen LogP contribution in [-0.4, -0.2) is 45.3 Å². The summed E-state index contributed by atoms with van der Waals surface area (Å²) in [7, 11) is 0. The Morgan fingerprint density at radius 1 is 1.07 bits per heavy atom. The van der Waals surface area contributed by atoms with Crippen LogP contribution in [0.15, 0.2) is 65.8 Å². The Hall–Kier alpha value is -2.17. The second-order valence-electron chi connectivity index (χ2n) is 14.2. The van der Waals surface area contributed by atoms with Crippen molar-refractivity contribution in [1.82, 2.24) is 4.90 Å². The molecule has 7 atom stereocenters. The molecule has 4 nitrogen and oxygen atoms in total. The first-order valence-electron chi connectivity index (χ1n) is 16.4. The Kier molecular flexibility index (Phi) is 9.31. The molecule has 4 heteroatoms. The Morgan fingerprint density at radius 3 is 2.63 bits per heavy atom. The zero-order valence-corrected chi connectivity index (χ0v) is 25.8. The van der Waals surface area contributed by atoms with Crippen molar-refractivity contribution in [3.05, 3.63) is 71.3 Å². The largest absolute Gasteiger partial charge is 0.388 e. The van der Waals surface area contributed by atoms with E-state index in [1.807, 2.05) is 4.90 Å². The fraction of sp³-hybridized carbons (Fsp3) is 0.649. The van der Waals surface area contributed by atoms with Crippen LogP contribution in [0.5, 0.6) is 0 Å². The van der Waals surface area contributed by atoms with Gasteiger partial charge in [0.2, 0.25) is 0 Å². The number of fused-ring (bicyclic) bond motifs is 1. The summed E-state index contributed by atoms with van der Waals surface area (Å²) in [5, 5.41) is 21.2. The van der Waals surface area contributed by atoms with Crippen molar-refractivity contribution >= 4 is 5.91 Å². The lowest BCUT2D eigenvalue weighted by Gasteiger charge is -2.45. The molecule has 0 radical (unpaired) electrons. The normalized spacial score (nSPS) is 36.8. The summed E-state index contributed by atoms with van der Waals surface area (Å²) < 4.78 is 0. The lowest BCUT2D eigenvalue weighted by molar-refractivity contribution is -0.142. The van der Waals surface area contributed by atoms with Gasteiger partial charge in [-0.25, -0.2) is 0 Å². The van der Waals surface area contributed by atoms with Crippen molar-refractivity contribution in [1.29, 1.82) is 0 Å². The molecule has 0 aromatic heterocycles. The topological polar surface area (TPSA) is 60.8 Å². The number of nitrogens with zero attached hydrogens (tertiary/aromatic N) is 1. The molecule has 4 aliphatic rings. The fourth-order valence-electron chi connectivity index (χ4n) is 9.12. The molecule has 2 N–H and O–H groups in total. The van der Waals surface area contributed by atoms with Gasteiger partial charge in [0.15, 0.2) is 0 Å². The van der Waals surface area contributed by atoms with Gasteiger partial charge in [-0.1, -0.05) is 68.5 Å². The summed E-state index contributed by atoms with van der Waals surface area (Å²) in [6, 6.07) is 10.7. The van der Waals surface area contributed by atoms with E-state index in [0.29, 0.717) is 24.2 Å². The van der Waals surface area contributed by atoms with Gasteiger partial charge in [0.05, 0.1) is 6.10 Å². The Morgan fingerprint density at radius 2 is 1.85 bits per heavy atom. The second kappa shape index (κ2) is 12.6. The number of benzene rings is 1. The minimum atomic E-state index is -1.24. The Balaban J connectivity index is 1.23. The monoisotopic (exact) mass is 559 g/mol. The summed E-state index contributed by atoms with van der Waals surface area (Å²) in [5.74, 6) is 1.69. The molecule has 1 aromatic rings. The van der Waals surface area contributed by atoms with Crippen LogP contribution in [0.3, 0.4) is 0 Å². The Bertz CT molecular complexity index is 1150. The van der Waals surface area contributed by atoms with Crippen molar-refractivity contribution in [2.24, 2.45) is 23.2 Å². The number of aliphatic hydroxyl groups excluding tert-OH is 1. The van der Waals surface area contributed by atoms with E-state index < -0.39 is 5.60 Å². The molecular weight excluding hydrogens is 506 g/mol. The van der Waals surface area contributed by atoms with Crippen LogP contribution in [0, 0.1) is 23.2 Å². The van der Waals surface area contributed by atoms with Gasteiger partial charge < -0.3 is 15.1 Å². The SMILES string of the molecule is C=C1/C(=C\C=C2/CCC[C@]3(C)[C@@H]([C@H](C)CC4CC(C)(O)C(=O)N4CCCCc4ccccc4)CC[C@@H]23)CCC[C@@H]1O. The Labute approximate surface area is 248 Å². The van der Waals surface area contributed by atoms with Gasteiger partial charge >= 0.3 is 0 Å². The highest BCUT2D eigenvalue weighted by molar-refractivity contribution is 5.87. The molecule has 4 fully saturated rings. The molecule has 1 aromatic carbocycles. The highest BCUT2D eigenvalue weighted by atomic mass is 16.3. The predicted molar refractivity (Wildman–Crippen MR) is 167 cm³/mol. The number of amides is 1. The van der Waals surface area contributed by atoms with Gasteiger partial charge in [-0.3, -0.25) is 4.79 Å². The van der Waals surface area contributed by atoms with E-state index in [1.54, 1.807) is 12.5 Å². The van der Waals surface area contributed by atoms with Crippen LogP contribution < -0.4 is 0 Å². The molecule has 1 aliphatic heterocycles. The van der Waals surface area contributed by atoms with Crippen LogP contribution >= 0.6 is 0 Å². The van der Waals surface area contributed by atoms with Crippen molar-refractivity contribution < 1.29 is 15.0 Å². The minimum absolute atomic E-state index is 0.0738. The van der Waals surface area contributed by atoms with Crippen LogP contribution in [0.4, 0.5) is 0 Å². The van der Waals surface area contributed by atoms with Gasteiger partial charge in [-0.15, -0.1) is 0 Å². The van der Waals surface area contributed by atoms with E-state index in [4.69, 9.17) is 0 Å². The maximum Gasteiger partial charge on any atom is 0.254 e. The summed E-state index contributed by atoms with van der Waals surface area (Å²) in [4.78, 5) is 15.3. The van der Waals surface area contributed by atoms with Gasteiger partial charge in [0.25, 0.3) is 5.91 Å². The fourth-order valence-corrected chi connectivity index (χ4v) is 9.12. The first-order chi connectivity index (χ1) is 19.6. The zero-order valence-electron chi connectivity index (χ0n) is 25.8. The third-order valence-corrected chi connectivity index (χ3v) is 11.4. The third-order valence-electron chi connectivity index (χ3n) is 11.4. The van der Waals surface area contributed by atoms with Crippen molar-refractivity contribution in [3.8, 4) is 0 Å². The molecule has 41 heavy (non-hydrogen) atoms. The summed E-state index contributed by atoms with van der Waals surface area (Å²) >= 11 is 0. The average molecular weight is 560 g/mol. The molecular formula is C37H53NO3. The summed E-state index contributed by atoms with van der Waals surface area (Å²) in [6.07, 6.45) is 17.9. The summed E-state index contributed by atoms with van der Waals surface area (Å²) in [6.45, 7) is 11.6. The van der Waals surface area contributed by atoms with E-state index in [0.717, 1.165) is 57.1 Å². The highest BCUT2D eigenvalue weighted by Crippen LogP contribution is 2.60. The number of unbranched alkanes of at least 4 members (excludes halogenated alkanes) is 1. The van der Waals surface area contributed by atoms with Gasteiger partial charge in [0.1, 0.15) is 5.60 Å². The lowest BCUT2D eigenvalue weighted by Crippen LogP contribution is -2.41. The number of hydrogen-bond donors (Lipinski definition) is 2. The second-order valence-corrected chi connectivity index (χ2v) is 14.2.